The molecule has 0 atom stereocenters. The average molecular weight is 480 g/mol. The maximum absolute atomic E-state index is 13.2. The molecule has 1 aliphatic rings. The largest absolute Gasteiger partial charge is 0.399 e. The summed E-state index contributed by atoms with van der Waals surface area (Å²) in [7, 11) is 0. The second-order valence-corrected chi connectivity index (χ2v) is 8.70. The molecular weight excluding hydrogens is 450 g/mol. The van der Waals surface area contributed by atoms with E-state index >= 15 is 0 Å². The van der Waals surface area contributed by atoms with Crippen LogP contribution in [0.4, 0.5) is 11.4 Å². The van der Waals surface area contributed by atoms with Crippen LogP contribution >= 0.6 is 0 Å². The van der Waals surface area contributed by atoms with Gasteiger partial charge < -0.3 is 10.6 Å². The Balaban J connectivity index is 1.51. The van der Waals surface area contributed by atoms with E-state index in [1.165, 1.54) is 18.1 Å². The molecule has 2 amide bonds. The molecule has 7 nitrogen and oxygen atoms in total. The lowest BCUT2D eigenvalue weighted by molar-refractivity contribution is -0.123. The van der Waals surface area contributed by atoms with Gasteiger partial charge in [0.05, 0.1) is 11.7 Å². The number of nitrogens with two attached hydrogens (primary N) is 1. The smallest absolute Gasteiger partial charge is 0.277 e. The zero-order valence-corrected chi connectivity index (χ0v) is 20.2. The topological polar surface area (TPSA) is 93.7 Å². The van der Waals surface area contributed by atoms with E-state index in [2.05, 4.69) is 53.4 Å². The SMILES string of the molecule is CC(=O)N(C(=O)/C(C#N)=C\N1CCN(C(c2ccccc2)c2ccccc2)CC1)c1ccc(N)cc1. The van der Waals surface area contributed by atoms with Crippen LogP contribution in [0.2, 0.25) is 0 Å². The van der Waals surface area contributed by atoms with Gasteiger partial charge in [-0.1, -0.05) is 60.7 Å². The van der Waals surface area contributed by atoms with Crippen LogP contribution in [0.5, 0.6) is 0 Å². The summed E-state index contributed by atoms with van der Waals surface area (Å²) < 4.78 is 0. The molecule has 3 aromatic carbocycles. The number of amides is 2. The molecule has 1 fully saturated rings. The Morgan fingerprint density at radius 3 is 1.89 bits per heavy atom. The van der Waals surface area contributed by atoms with E-state index in [0.29, 0.717) is 24.5 Å². The Morgan fingerprint density at radius 2 is 1.42 bits per heavy atom. The maximum Gasteiger partial charge on any atom is 0.277 e. The van der Waals surface area contributed by atoms with Crippen molar-refractivity contribution in [3.63, 3.8) is 0 Å². The molecule has 36 heavy (non-hydrogen) atoms. The molecule has 7 heteroatoms. The van der Waals surface area contributed by atoms with Gasteiger partial charge in [0, 0.05) is 45.0 Å². The van der Waals surface area contributed by atoms with Gasteiger partial charge in [-0.3, -0.25) is 14.5 Å². The first-order chi connectivity index (χ1) is 17.5. The molecule has 0 bridgehead atoms. The van der Waals surface area contributed by atoms with E-state index in [9.17, 15) is 14.9 Å². The fourth-order valence-corrected chi connectivity index (χ4v) is 4.51. The molecule has 0 spiro atoms. The quantitative estimate of drug-likeness (QED) is 0.327. The number of hydrogen-bond donors (Lipinski definition) is 1. The lowest BCUT2D eigenvalue weighted by Crippen LogP contribution is -2.46. The first kappa shape index (κ1) is 24.7. The van der Waals surface area contributed by atoms with Gasteiger partial charge in [0.15, 0.2) is 0 Å². The van der Waals surface area contributed by atoms with Gasteiger partial charge in [-0.25, -0.2) is 4.90 Å². The molecule has 0 radical (unpaired) electrons. The van der Waals surface area contributed by atoms with Crippen LogP contribution < -0.4 is 10.6 Å². The van der Waals surface area contributed by atoms with E-state index < -0.39 is 11.8 Å². The Bertz CT molecular complexity index is 1220. The molecule has 1 aliphatic heterocycles. The van der Waals surface area contributed by atoms with Crippen molar-refractivity contribution in [1.29, 1.82) is 5.26 Å². The number of nitrogens with zero attached hydrogens (tertiary/aromatic N) is 4. The summed E-state index contributed by atoms with van der Waals surface area (Å²) in [5.41, 5.74) is 8.99. The Kier molecular flexibility index (Phi) is 7.79. The lowest BCUT2D eigenvalue weighted by Gasteiger charge is -2.39. The highest BCUT2D eigenvalue weighted by molar-refractivity contribution is 6.21. The molecule has 3 aromatic rings. The molecule has 182 valence electrons. The number of carbonyl (C=O) groups excluding carboxylic acids is 2. The summed E-state index contributed by atoms with van der Waals surface area (Å²) in [5, 5.41) is 9.75. The highest BCUT2D eigenvalue weighted by Crippen LogP contribution is 2.29. The van der Waals surface area contributed by atoms with Crippen LogP contribution in [0.25, 0.3) is 0 Å². The number of rotatable bonds is 6. The average Bonchev–Trinajstić information content (AvgIpc) is 2.90. The highest BCUT2D eigenvalue weighted by Gasteiger charge is 2.28. The van der Waals surface area contributed by atoms with Gasteiger partial charge in [-0.2, -0.15) is 5.26 Å². The predicted octanol–water partition coefficient (Wildman–Crippen LogP) is 3.96. The zero-order chi connectivity index (χ0) is 25.5. The number of nitriles is 1. The minimum Gasteiger partial charge on any atom is -0.399 e. The van der Waals surface area contributed by atoms with Crippen molar-refractivity contribution in [1.82, 2.24) is 9.80 Å². The third kappa shape index (κ3) is 5.62. The number of carbonyl (C=O) groups is 2. The van der Waals surface area contributed by atoms with Gasteiger partial charge in [0.1, 0.15) is 11.6 Å². The fraction of sp³-hybridized carbons (Fsp3) is 0.207. The zero-order valence-electron chi connectivity index (χ0n) is 20.2. The van der Waals surface area contributed by atoms with E-state index in [1.54, 1.807) is 30.5 Å². The number of piperazine rings is 1. The Hall–Kier alpha value is -4.41. The second-order valence-electron chi connectivity index (χ2n) is 8.70. The van der Waals surface area contributed by atoms with Crippen molar-refractivity contribution in [2.45, 2.75) is 13.0 Å². The van der Waals surface area contributed by atoms with E-state index in [1.807, 2.05) is 23.1 Å². The van der Waals surface area contributed by atoms with Gasteiger partial charge >= 0.3 is 0 Å². The van der Waals surface area contributed by atoms with Crippen molar-refractivity contribution >= 4 is 23.2 Å². The number of benzene rings is 3. The highest BCUT2D eigenvalue weighted by atomic mass is 16.2. The van der Waals surface area contributed by atoms with Crippen molar-refractivity contribution in [2.24, 2.45) is 0 Å². The molecule has 4 rings (SSSR count). The van der Waals surface area contributed by atoms with Crippen molar-refractivity contribution in [2.75, 3.05) is 36.8 Å². The summed E-state index contributed by atoms with van der Waals surface area (Å²) in [6.07, 6.45) is 1.58. The van der Waals surface area contributed by atoms with Crippen LogP contribution in [0.15, 0.2) is 96.7 Å². The van der Waals surface area contributed by atoms with Crippen LogP contribution in [0.3, 0.4) is 0 Å². The third-order valence-electron chi connectivity index (χ3n) is 6.28. The Morgan fingerprint density at radius 1 is 0.889 bits per heavy atom. The predicted molar refractivity (Wildman–Crippen MR) is 141 cm³/mol. The van der Waals surface area contributed by atoms with Crippen molar-refractivity contribution in [3.05, 3.63) is 108 Å². The number of anilines is 2. The first-order valence-corrected chi connectivity index (χ1v) is 11.9. The molecule has 0 aromatic heterocycles. The molecule has 0 unspecified atom stereocenters. The minimum atomic E-state index is -0.649. The van der Waals surface area contributed by atoms with Crippen LogP contribution in [-0.2, 0) is 9.59 Å². The molecule has 0 saturated carbocycles. The number of hydrogen-bond acceptors (Lipinski definition) is 6. The monoisotopic (exact) mass is 479 g/mol. The standard InChI is InChI=1S/C29H29N5O2/c1-22(35)34(27-14-12-26(31)13-15-27)29(36)25(20-30)21-32-16-18-33(19-17-32)28(23-8-4-2-5-9-23)24-10-6-3-7-11-24/h2-15,21,28H,16-19,31H2,1H3/b25-21-. The van der Waals surface area contributed by atoms with Crippen LogP contribution in [-0.4, -0.2) is 47.8 Å². The molecular formula is C29H29N5O2. The summed E-state index contributed by atoms with van der Waals surface area (Å²) in [5.74, 6) is -1.12. The summed E-state index contributed by atoms with van der Waals surface area (Å²) in [6.45, 7) is 4.11. The summed E-state index contributed by atoms with van der Waals surface area (Å²) >= 11 is 0. The molecule has 1 heterocycles. The van der Waals surface area contributed by atoms with Crippen molar-refractivity contribution < 1.29 is 9.59 Å². The second kappa shape index (κ2) is 11.3. The van der Waals surface area contributed by atoms with Crippen LogP contribution in [0.1, 0.15) is 24.1 Å². The van der Waals surface area contributed by atoms with E-state index in [0.717, 1.165) is 18.0 Å². The number of nitrogen functional groups attached to an aromatic ring is 1. The minimum absolute atomic E-state index is 0.0851. The molecule has 2 N–H and O–H groups in total. The lowest BCUT2D eigenvalue weighted by atomic mass is 9.96. The molecule has 0 aliphatic carbocycles. The van der Waals surface area contributed by atoms with Gasteiger partial charge in [0.2, 0.25) is 5.91 Å². The van der Waals surface area contributed by atoms with Crippen LogP contribution in [0, 0.1) is 11.3 Å². The maximum atomic E-state index is 13.2. The van der Waals surface area contributed by atoms with E-state index in [-0.39, 0.29) is 11.6 Å². The first-order valence-electron chi connectivity index (χ1n) is 11.9. The van der Waals surface area contributed by atoms with Gasteiger partial charge in [-0.15, -0.1) is 0 Å². The van der Waals surface area contributed by atoms with Gasteiger partial charge in [-0.05, 0) is 35.4 Å². The Labute approximate surface area is 211 Å². The third-order valence-corrected chi connectivity index (χ3v) is 6.28. The summed E-state index contributed by atoms with van der Waals surface area (Å²) in [4.78, 5) is 30.8. The van der Waals surface area contributed by atoms with E-state index in [4.69, 9.17) is 5.73 Å². The summed E-state index contributed by atoms with van der Waals surface area (Å²) in [6, 6.07) is 29.3. The number of imide groups is 1. The van der Waals surface area contributed by atoms with Gasteiger partial charge in [0.25, 0.3) is 5.91 Å². The normalized spacial score (nSPS) is 14.4. The molecule has 1 saturated heterocycles. The van der Waals surface area contributed by atoms with Crippen molar-refractivity contribution in [3.8, 4) is 6.07 Å². The fourth-order valence-electron chi connectivity index (χ4n) is 4.51.